The standard InChI is InChI=1S/C13H13NO3/c15-6-5-14-13(17)12-8-10(16)7-9-3-1-2-4-11(9)12/h1-4,7-8,15-16H,5-6H2,(H,14,17). The highest BCUT2D eigenvalue weighted by atomic mass is 16.3. The van der Waals surface area contributed by atoms with Crippen LogP contribution in [0.25, 0.3) is 10.8 Å². The van der Waals surface area contributed by atoms with E-state index in [9.17, 15) is 9.90 Å². The van der Waals surface area contributed by atoms with Crippen molar-refractivity contribution in [3.05, 3.63) is 42.0 Å². The molecule has 0 bridgehead atoms. The number of carbonyl (C=O) groups excluding carboxylic acids is 1. The third-order valence-corrected chi connectivity index (χ3v) is 2.49. The van der Waals surface area contributed by atoms with Crippen molar-refractivity contribution in [2.75, 3.05) is 13.2 Å². The second-order valence-corrected chi connectivity index (χ2v) is 3.69. The van der Waals surface area contributed by atoms with Crippen molar-refractivity contribution >= 4 is 16.7 Å². The van der Waals surface area contributed by atoms with E-state index < -0.39 is 0 Å². The molecule has 3 N–H and O–H groups in total. The number of phenolic OH excluding ortho intramolecular Hbond substituents is 1. The number of fused-ring (bicyclic) bond motifs is 1. The average molecular weight is 231 g/mol. The first-order valence-electron chi connectivity index (χ1n) is 5.33. The molecule has 0 saturated heterocycles. The highest BCUT2D eigenvalue weighted by Crippen LogP contribution is 2.24. The quantitative estimate of drug-likeness (QED) is 0.745. The van der Waals surface area contributed by atoms with Crippen molar-refractivity contribution in [1.82, 2.24) is 5.32 Å². The van der Waals surface area contributed by atoms with Gasteiger partial charge < -0.3 is 15.5 Å². The van der Waals surface area contributed by atoms with Crippen molar-refractivity contribution in [3.63, 3.8) is 0 Å². The fourth-order valence-corrected chi connectivity index (χ4v) is 1.75. The van der Waals surface area contributed by atoms with Crippen LogP contribution in [0.5, 0.6) is 5.75 Å². The molecule has 2 aromatic carbocycles. The van der Waals surface area contributed by atoms with Gasteiger partial charge in [-0.3, -0.25) is 4.79 Å². The van der Waals surface area contributed by atoms with E-state index in [1.807, 2.05) is 24.3 Å². The van der Waals surface area contributed by atoms with Crippen LogP contribution in [-0.4, -0.2) is 29.3 Å². The van der Waals surface area contributed by atoms with E-state index in [-0.39, 0.29) is 24.8 Å². The van der Waals surface area contributed by atoms with E-state index in [0.29, 0.717) is 5.56 Å². The van der Waals surface area contributed by atoms with E-state index in [4.69, 9.17) is 5.11 Å². The molecule has 0 unspecified atom stereocenters. The third kappa shape index (κ3) is 2.37. The topological polar surface area (TPSA) is 69.6 Å². The van der Waals surface area contributed by atoms with Crippen LogP contribution in [0.4, 0.5) is 0 Å². The number of nitrogens with one attached hydrogen (secondary N) is 1. The number of benzene rings is 2. The second kappa shape index (κ2) is 4.84. The first kappa shape index (κ1) is 11.4. The lowest BCUT2D eigenvalue weighted by molar-refractivity contribution is 0.0946. The summed E-state index contributed by atoms with van der Waals surface area (Å²) in [5.41, 5.74) is 0.411. The number of aliphatic hydroxyl groups excluding tert-OH is 1. The normalized spacial score (nSPS) is 10.4. The average Bonchev–Trinajstić information content (AvgIpc) is 2.34. The SMILES string of the molecule is O=C(NCCO)c1cc(O)cc2ccccc12. The van der Waals surface area contributed by atoms with Gasteiger partial charge in [0.15, 0.2) is 0 Å². The number of carbonyl (C=O) groups is 1. The number of aromatic hydroxyl groups is 1. The third-order valence-electron chi connectivity index (χ3n) is 2.49. The Kier molecular flexibility index (Phi) is 3.25. The molecule has 0 radical (unpaired) electrons. The summed E-state index contributed by atoms with van der Waals surface area (Å²) in [4.78, 5) is 11.8. The largest absolute Gasteiger partial charge is 0.508 e. The summed E-state index contributed by atoms with van der Waals surface area (Å²) in [6.07, 6.45) is 0. The molecule has 2 aromatic rings. The maximum absolute atomic E-state index is 11.8. The Bertz CT molecular complexity index is 551. The maximum Gasteiger partial charge on any atom is 0.252 e. The van der Waals surface area contributed by atoms with Crippen LogP contribution < -0.4 is 5.32 Å². The van der Waals surface area contributed by atoms with Gasteiger partial charge in [-0.15, -0.1) is 0 Å². The minimum absolute atomic E-state index is 0.0536. The molecule has 88 valence electrons. The highest BCUT2D eigenvalue weighted by Gasteiger charge is 2.10. The number of phenols is 1. The van der Waals surface area contributed by atoms with Crippen molar-refractivity contribution in [3.8, 4) is 5.75 Å². The molecule has 0 aromatic heterocycles. The molecular weight excluding hydrogens is 218 g/mol. The van der Waals surface area contributed by atoms with E-state index in [0.717, 1.165) is 10.8 Å². The lowest BCUT2D eigenvalue weighted by Gasteiger charge is -2.07. The molecule has 0 atom stereocenters. The number of rotatable bonds is 3. The summed E-state index contributed by atoms with van der Waals surface area (Å²) in [6.45, 7) is 0.0886. The van der Waals surface area contributed by atoms with Crippen LogP contribution in [0.2, 0.25) is 0 Å². The predicted octanol–water partition coefficient (Wildman–Crippen LogP) is 1.27. The van der Waals surface area contributed by atoms with Gasteiger partial charge in [0.05, 0.1) is 12.2 Å². The first-order valence-corrected chi connectivity index (χ1v) is 5.33. The van der Waals surface area contributed by atoms with E-state index in [2.05, 4.69) is 5.32 Å². The Hall–Kier alpha value is -2.07. The number of hydrogen-bond acceptors (Lipinski definition) is 3. The molecule has 0 fully saturated rings. The van der Waals surface area contributed by atoms with Gasteiger partial charge in [-0.05, 0) is 22.9 Å². The van der Waals surface area contributed by atoms with Gasteiger partial charge in [0, 0.05) is 6.54 Å². The van der Waals surface area contributed by atoms with Gasteiger partial charge in [0.25, 0.3) is 5.91 Å². The number of aliphatic hydroxyl groups is 1. The summed E-state index contributed by atoms with van der Waals surface area (Å²) < 4.78 is 0. The molecule has 4 nitrogen and oxygen atoms in total. The van der Waals surface area contributed by atoms with Crippen molar-refractivity contribution in [1.29, 1.82) is 0 Å². The van der Waals surface area contributed by atoms with Gasteiger partial charge in [-0.25, -0.2) is 0 Å². The molecule has 2 rings (SSSR count). The van der Waals surface area contributed by atoms with Gasteiger partial charge in [-0.1, -0.05) is 24.3 Å². The molecule has 0 spiro atoms. The molecule has 0 heterocycles. The van der Waals surface area contributed by atoms with Crippen LogP contribution in [0.1, 0.15) is 10.4 Å². The lowest BCUT2D eigenvalue weighted by atomic mass is 10.0. The van der Waals surface area contributed by atoms with Crippen LogP contribution >= 0.6 is 0 Å². The smallest absolute Gasteiger partial charge is 0.252 e. The zero-order valence-corrected chi connectivity index (χ0v) is 9.18. The Morgan fingerprint density at radius 1 is 1.24 bits per heavy atom. The van der Waals surface area contributed by atoms with Crippen molar-refractivity contribution < 1.29 is 15.0 Å². The zero-order valence-electron chi connectivity index (χ0n) is 9.18. The van der Waals surface area contributed by atoms with Crippen LogP contribution in [-0.2, 0) is 0 Å². The monoisotopic (exact) mass is 231 g/mol. The molecule has 0 aliphatic heterocycles. The minimum Gasteiger partial charge on any atom is -0.508 e. The van der Waals surface area contributed by atoms with Crippen molar-refractivity contribution in [2.24, 2.45) is 0 Å². The molecular formula is C13H13NO3. The van der Waals surface area contributed by atoms with E-state index in [1.165, 1.54) is 6.07 Å². The molecule has 17 heavy (non-hydrogen) atoms. The Morgan fingerprint density at radius 3 is 2.76 bits per heavy atom. The first-order chi connectivity index (χ1) is 8.22. The van der Waals surface area contributed by atoms with E-state index in [1.54, 1.807) is 6.07 Å². The Morgan fingerprint density at radius 2 is 2.00 bits per heavy atom. The summed E-state index contributed by atoms with van der Waals surface area (Å²) in [5.74, 6) is -0.246. The highest BCUT2D eigenvalue weighted by molar-refractivity contribution is 6.07. The fraction of sp³-hybridized carbons (Fsp3) is 0.154. The number of hydrogen-bond donors (Lipinski definition) is 3. The Labute approximate surface area is 98.5 Å². The maximum atomic E-state index is 11.8. The molecule has 0 aliphatic rings. The predicted molar refractivity (Wildman–Crippen MR) is 65.0 cm³/mol. The van der Waals surface area contributed by atoms with Gasteiger partial charge in [0.2, 0.25) is 0 Å². The zero-order chi connectivity index (χ0) is 12.3. The minimum atomic E-state index is -0.300. The Balaban J connectivity index is 2.48. The summed E-state index contributed by atoms with van der Waals surface area (Å²) in [7, 11) is 0. The van der Waals surface area contributed by atoms with Crippen molar-refractivity contribution in [2.45, 2.75) is 0 Å². The van der Waals surface area contributed by atoms with E-state index >= 15 is 0 Å². The fourth-order valence-electron chi connectivity index (χ4n) is 1.75. The van der Waals surface area contributed by atoms with Gasteiger partial charge >= 0.3 is 0 Å². The van der Waals surface area contributed by atoms with Crippen LogP contribution in [0.15, 0.2) is 36.4 Å². The summed E-state index contributed by atoms with van der Waals surface area (Å²) >= 11 is 0. The molecule has 4 heteroatoms. The molecule has 1 amide bonds. The lowest BCUT2D eigenvalue weighted by Crippen LogP contribution is -2.26. The second-order valence-electron chi connectivity index (χ2n) is 3.69. The van der Waals surface area contributed by atoms with Crippen LogP contribution in [0.3, 0.4) is 0 Å². The van der Waals surface area contributed by atoms with Gasteiger partial charge in [0.1, 0.15) is 5.75 Å². The van der Waals surface area contributed by atoms with Crippen LogP contribution in [0, 0.1) is 0 Å². The van der Waals surface area contributed by atoms with Gasteiger partial charge in [-0.2, -0.15) is 0 Å². The molecule has 0 aliphatic carbocycles. The summed E-state index contributed by atoms with van der Waals surface area (Å²) in [6, 6.07) is 10.4. The summed E-state index contributed by atoms with van der Waals surface area (Å²) in [5, 5.41) is 22.4. The molecule has 0 saturated carbocycles. The number of amides is 1.